The van der Waals surface area contributed by atoms with Crippen LogP contribution in [0.1, 0.15) is 10.4 Å². The zero-order chi connectivity index (χ0) is 13.1. The van der Waals surface area contributed by atoms with Crippen molar-refractivity contribution in [3.63, 3.8) is 0 Å². The van der Waals surface area contributed by atoms with Crippen molar-refractivity contribution in [3.8, 4) is 0 Å². The van der Waals surface area contributed by atoms with Gasteiger partial charge in [-0.3, -0.25) is 4.79 Å². The summed E-state index contributed by atoms with van der Waals surface area (Å²) in [5.41, 5.74) is 12.9. The van der Waals surface area contributed by atoms with Crippen LogP contribution in [0.25, 0.3) is 0 Å². The van der Waals surface area contributed by atoms with E-state index in [2.05, 4.69) is 10.3 Å². The first kappa shape index (κ1) is 12.2. The van der Waals surface area contributed by atoms with E-state index in [0.717, 1.165) is 0 Å². The molecule has 1 heterocycles. The molecule has 92 valence electrons. The fraction of sp³-hybridized carbons (Fsp3) is 0. The van der Waals surface area contributed by atoms with Gasteiger partial charge in [-0.15, -0.1) is 0 Å². The summed E-state index contributed by atoms with van der Waals surface area (Å²) in [6.07, 6.45) is 1.46. The van der Waals surface area contributed by atoms with Crippen molar-refractivity contribution in [1.29, 1.82) is 0 Å². The van der Waals surface area contributed by atoms with Crippen LogP contribution >= 0.6 is 11.6 Å². The van der Waals surface area contributed by atoms with Crippen LogP contribution < -0.4 is 16.8 Å². The van der Waals surface area contributed by atoms with Gasteiger partial charge in [0.2, 0.25) is 0 Å². The third kappa shape index (κ3) is 2.52. The van der Waals surface area contributed by atoms with Crippen molar-refractivity contribution in [1.82, 2.24) is 4.98 Å². The van der Waals surface area contributed by atoms with Crippen molar-refractivity contribution in [2.75, 3.05) is 16.8 Å². The Morgan fingerprint density at radius 3 is 2.67 bits per heavy atom. The highest BCUT2D eigenvalue weighted by Crippen LogP contribution is 2.20. The van der Waals surface area contributed by atoms with Crippen molar-refractivity contribution in [2.24, 2.45) is 0 Å². The van der Waals surface area contributed by atoms with E-state index in [1.54, 1.807) is 30.3 Å². The molecule has 0 saturated carbocycles. The lowest BCUT2D eigenvalue weighted by Crippen LogP contribution is -2.15. The van der Waals surface area contributed by atoms with Crippen molar-refractivity contribution < 1.29 is 4.79 Å². The fourth-order valence-corrected chi connectivity index (χ4v) is 1.54. The van der Waals surface area contributed by atoms with E-state index in [4.69, 9.17) is 23.1 Å². The van der Waals surface area contributed by atoms with Gasteiger partial charge in [-0.25, -0.2) is 4.98 Å². The van der Waals surface area contributed by atoms with E-state index >= 15 is 0 Å². The number of rotatable bonds is 2. The van der Waals surface area contributed by atoms with Gasteiger partial charge in [0.25, 0.3) is 5.91 Å². The summed E-state index contributed by atoms with van der Waals surface area (Å²) in [4.78, 5) is 15.8. The number of hydrogen-bond donors (Lipinski definition) is 3. The number of hydrogen-bond acceptors (Lipinski definition) is 4. The van der Waals surface area contributed by atoms with Gasteiger partial charge in [0, 0.05) is 0 Å². The smallest absolute Gasteiger partial charge is 0.257 e. The summed E-state index contributed by atoms with van der Waals surface area (Å²) >= 11 is 5.65. The number of nitrogens with zero attached hydrogens (tertiary/aromatic N) is 1. The molecule has 0 aliphatic heterocycles. The molecular formula is C12H11ClN4O. The summed E-state index contributed by atoms with van der Waals surface area (Å²) in [7, 11) is 0. The van der Waals surface area contributed by atoms with Gasteiger partial charge in [-0.2, -0.15) is 0 Å². The van der Waals surface area contributed by atoms with Crippen LogP contribution in [0.15, 0.2) is 36.5 Å². The lowest BCUT2D eigenvalue weighted by atomic mass is 10.1. The Kier molecular flexibility index (Phi) is 3.34. The number of benzene rings is 1. The zero-order valence-corrected chi connectivity index (χ0v) is 10.1. The Morgan fingerprint density at radius 2 is 2.00 bits per heavy atom. The molecule has 18 heavy (non-hydrogen) atoms. The number of nitrogens with one attached hydrogen (secondary N) is 1. The maximum absolute atomic E-state index is 12.0. The van der Waals surface area contributed by atoms with Crippen LogP contribution in [-0.4, -0.2) is 10.9 Å². The van der Waals surface area contributed by atoms with E-state index in [-0.39, 0.29) is 11.6 Å². The highest BCUT2D eigenvalue weighted by molar-refractivity contribution is 6.29. The average Bonchev–Trinajstić information content (AvgIpc) is 2.35. The number of pyridine rings is 1. The standard InChI is InChI=1S/C12H11ClN4O/c13-10-5-4-7(6-16-10)17-12(18)8-2-1-3-9(14)11(8)15/h1-6H,14-15H2,(H,17,18). The quantitative estimate of drug-likeness (QED) is 0.571. The summed E-state index contributed by atoms with van der Waals surface area (Å²) in [5.74, 6) is -0.344. The van der Waals surface area contributed by atoms with Gasteiger partial charge in [0.1, 0.15) is 5.15 Å². The van der Waals surface area contributed by atoms with Crippen molar-refractivity contribution >= 4 is 34.6 Å². The second-order valence-corrected chi connectivity index (χ2v) is 4.02. The molecule has 1 amide bonds. The fourth-order valence-electron chi connectivity index (χ4n) is 1.43. The highest BCUT2D eigenvalue weighted by atomic mass is 35.5. The first-order chi connectivity index (χ1) is 8.58. The van der Waals surface area contributed by atoms with E-state index in [0.29, 0.717) is 22.1 Å². The number of para-hydroxylation sites is 1. The molecular weight excluding hydrogens is 252 g/mol. The number of nitrogens with two attached hydrogens (primary N) is 2. The van der Waals surface area contributed by atoms with E-state index in [9.17, 15) is 4.79 Å². The number of anilines is 3. The molecule has 2 aromatic rings. The van der Waals surface area contributed by atoms with Crippen LogP contribution in [-0.2, 0) is 0 Å². The molecule has 0 aliphatic rings. The van der Waals surface area contributed by atoms with Crippen molar-refractivity contribution in [3.05, 3.63) is 47.2 Å². The number of nitrogen functional groups attached to an aromatic ring is 2. The van der Waals surface area contributed by atoms with Crippen LogP contribution in [0.3, 0.4) is 0 Å². The summed E-state index contributed by atoms with van der Waals surface area (Å²) < 4.78 is 0. The highest BCUT2D eigenvalue weighted by Gasteiger charge is 2.11. The number of aromatic nitrogens is 1. The van der Waals surface area contributed by atoms with E-state index < -0.39 is 0 Å². The summed E-state index contributed by atoms with van der Waals surface area (Å²) in [5, 5.41) is 3.02. The van der Waals surface area contributed by atoms with Crippen LogP contribution in [0.5, 0.6) is 0 Å². The topological polar surface area (TPSA) is 94.0 Å². The first-order valence-electron chi connectivity index (χ1n) is 5.15. The summed E-state index contributed by atoms with van der Waals surface area (Å²) in [6, 6.07) is 8.14. The minimum atomic E-state index is -0.344. The van der Waals surface area contributed by atoms with Crippen LogP contribution in [0.4, 0.5) is 17.1 Å². The van der Waals surface area contributed by atoms with E-state index in [1.165, 1.54) is 6.20 Å². The van der Waals surface area contributed by atoms with Gasteiger partial charge < -0.3 is 16.8 Å². The zero-order valence-electron chi connectivity index (χ0n) is 9.35. The second-order valence-electron chi connectivity index (χ2n) is 3.63. The lowest BCUT2D eigenvalue weighted by molar-refractivity contribution is 0.102. The van der Waals surface area contributed by atoms with Gasteiger partial charge >= 0.3 is 0 Å². The van der Waals surface area contributed by atoms with Gasteiger partial charge in [-0.1, -0.05) is 17.7 Å². The Labute approximate surface area is 109 Å². The largest absolute Gasteiger partial charge is 0.397 e. The molecule has 0 bridgehead atoms. The summed E-state index contributed by atoms with van der Waals surface area (Å²) in [6.45, 7) is 0. The molecule has 0 saturated heterocycles. The minimum absolute atomic E-state index is 0.261. The Hall–Kier alpha value is -2.27. The van der Waals surface area contributed by atoms with Crippen molar-refractivity contribution in [2.45, 2.75) is 0 Å². The number of carbonyl (C=O) groups is 1. The third-order valence-electron chi connectivity index (χ3n) is 2.37. The predicted molar refractivity (Wildman–Crippen MR) is 72.5 cm³/mol. The molecule has 2 rings (SSSR count). The molecule has 0 spiro atoms. The molecule has 1 aromatic heterocycles. The van der Waals surface area contributed by atoms with Gasteiger partial charge in [0.15, 0.2) is 0 Å². The average molecular weight is 263 g/mol. The van der Waals surface area contributed by atoms with E-state index in [1.807, 2.05) is 0 Å². The van der Waals surface area contributed by atoms with Gasteiger partial charge in [-0.05, 0) is 24.3 Å². The van der Waals surface area contributed by atoms with Crippen LogP contribution in [0.2, 0.25) is 5.15 Å². The maximum Gasteiger partial charge on any atom is 0.257 e. The third-order valence-corrected chi connectivity index (χ3v) is 2.59. The molecule has 0 aliphatic carbocycles. The Bertz CT molecular complexity index is 583. The number of carbonyl (C=O) groups excluding carboxylic acids is 1. The molecule has 5 N–H and O–H groups in total. The first-order valence-corrected chi connectivity index (χ1v) is 5.52. The molecule has 0 unspecified atom stereocenters. The lowest BCUT2D eigenvalue weighted by Gasteiger charge is -2.08. The monoisotopic (exact) mass is 262 g/mol. The normalized spacial score (nSPS) is 10.1. The van der Waals surface area contributed by atoms with Crippen LogP contribution in [0, 0.1) is 0 Å². The van der Waals surface area contributed by atoms with Gasteiger partial charge in [0.05, 0.1) is 28.8 Å². The minimum Gasteiger partial charge on any atom is -0.397 e. The molecule has 0 fully saturated rings. The Balaban J connectivity index is 2.22. The molecule has 0 radical (unpaired) electrons. The predicted octanol–water partition coefficient (Wildman–Crippen LogP) is 2.15. The SMILES string of the molecule is Nc1cccc(C(=O)Nc2ccc(Cl)nc2)c1N. The Morgan fingerprint density at radius 1 is 1.22 bits per heavy atom. The molecule has 6 heteroatoms. The number of amides is 1. The molecule has 1 aromatic carbocycles. The molecule has 5 nitrogen and oxygen atoms in total. The number of halogens is 1. The second kappa shape index (κ2) is 4.93. The maximum atomic E-state index is 12.0. The molecule has 0 atom stereocenters.